The number of nitrogens with zero attached hydrogens (tertiary/aromatic N) is 3. The summed E-state index contributed by atoms with van der Waals surface area (Å²) in [5.41, 5.74) is 9.80. The van der Waals surface area contributed by atoms with Crippen LogP contribution in [0.2, 0.25) is 0 Å². The summed E-state index contributed by atoms with van der Waals surface area (Å²) in [6.07, 6.45) is 9.16. The van der Waals surface area contributed by atoms with Crippen LogP contribution in [-0.2, 0) is 4.79 Å². The molecule has 6 nitrogen and oxygen atoms in total. The number of esters is 1. The van der Waals surface area contributed by atoms with Gasteiger partial charge in [0.2, 0.25) is 5.88 Å². The lowest BCUT2D eigenvalue weighted by atomic mass is 10.00. The molecule has 0 saturated heterocycles. The van der Waals surface area contributed by atoms with Crippen molar-refractivity contribution in [1.29, 1.82) is 0 Å². The molecule has 29 heavy (non-hydrogen) atoms. The minimum Gasteiger partial charge on any atom is -0.406 e. The monoisotopic (exact) mass is 382 g/mol. The largest absolute Gasteiger partial charge is 0.406 e. The molecule has 0 unspecified atom stereocenters. The average Bonchev–Trinajstić information content (AvgIpc) is 2.78. The maximum Gasteiger partial charge on any atom is 0.326 e. The molecule has 6 heteroatoms. The predicted molar refractivity (Wildman–Crippen MR) is 113 cm³/mol. The van der Waals surface area contributed by atoms with Gasteiger partial charge in [0.15, 0.2) is 0 Å². The van der Waals surface area contributed by atoms with Gasteiger partial charge in [0.1, 0.15) is 0 Å². The van der Waals surface area contributed by atoms with Crippen molar-refractivity contribution in [2.24, 2.45) is 5.73 Å². The van der Waals surface area contributed by atoms with Crippen LogP contribution in [0.1, 0.15) is 11.3 Å². The maximum atomic E-state index is 11.6. The first-order valence-electron chi connectivity index (χ1n) is 9.08. The van der Waals surface area contributed by atoms with Gasteiger partial charge < -0.3 is 10.5 Å². The number of carbonyl (C=O) groups is 1. The summed E-state index contributed by atoms with van der Waals surface area (Å²) < 4.78 is 5.26. The van der Waals surface area contributed by atoms with E-state index < -0.39 is 5.97 Å². The van der Waals surface area contributed by atoms with Crippen LogP contribution in [-0.4, -0.2) is 27.5 Å². The number of benzene rings is 1. The second-order valence-corrected chi connectivity index (χ2v) is 6.29. The molecule has 1 aromatic carbocycles. The van der Waals surface area contributed by atoms with Gasteiger partial charge in [-0.2, -0.15) is 0 Å². The number of hydrogen-bond acceptors (Lipinski definition) is 6. The van der Waals surface area contributed by atoms with Crippen molar-refractivity contribution in [3.05, 3.63) is 84.4 Å². The molecule has 0 amide bonds. The van der Waals surface area contributed by atoms with E-state index in [1.165, 1.54) is 0 Å². The molecule has 2 N–H and O–H groups in total. The fourth-order valence-electron chi connectivity index (χ4n) is 2.96. The van der Waals surface area contributed by atoms with E-state index in [0.717, 1.165) is 27.8 Å². The van der Waals surface area contributed by atoms with Crippen molar-refractivity contribution in [3.63, 3.8) is 0 Å². The highest BCUT2D eigenvalue weighted by atomic mass is 16.5. The normalized spacial score (nSPS) is 11.1. The minimum absolute atomic E-state index is 0.207. The van der Waals surface area contributed by atoms with Crippen molar-refractivity contribution < 1.29 is 9.53 Å². The molecular weight excluding hydrogens is 364 g/mol. The molecule has 0 atom stereocenters. The van der Waals surface area contributed by atoms with Gasteiger partial charge in [-0.3, -0.25) is 14.8 Å². The molecule has 0 aliphatic rings. The summed E-state index contributed by atoms with van der Waals surface area (Å²) in [6.45, 7) is -0.207. The van der Waals surface area contributed by atoms with E-state index in [2.05, 4.69) is 15.0 Å². The first-order chi connectivity index (χ1) is 14.2. The van der Waals surface area contributed by atoms with Crippen molar-refractivity contribution in [2.45, 2.75) is 0 Å². The Bertz CT molecular complexity index is 1180. The molecule has 0 aliphatic heterocycles. The van der Waals surface area contributed by atoms with E-state index in [9.17, 15) is 4.79 Å². The lowest BCUT2D eigenvalue weighted by Crippen LogP contribution is -2.20. The number of rotatable bonds is 5. The topological polar surface area (TPSA) is 91.0 Å². The number of nitrogens with two attached hydrogens (primary N) is 1. The van der Waals surface area contributed by atoms with Crippen LogP contribution in [0.15, 0.2) is 73.2 Å². The molecule has 0 saturated carbocycles. The van der Waals surface area contributed by atoms with Gasteiger partial charge in [0.05, 0.1) is 17.8 Å². The van der Waals surface area contributed by atoms with Crippen LogP contribution < -0.4 is 10.5 Å². The Morgan fingerprint density at radius 2 is 1.86 bits per heavy atom. The quantitative estimate of drug-likeness (QED) is 0.529. The van der Waals surface area contributed by atoms with Crippen LogP contribution in [0.4, 0.5) is 0 Å². The van der Waals surface area contributed by atoms with E-state index in [-0.39, 0.29) is 12.4 Å². The number of aromatic nitrogens is 3. The molecular formula is C23H18N4O2. The first-order valence-corrected chi connectivity index (χ1v) is 9.08. The Kier molecular flexibility index (Phi) is 5.36. The third kappa shape index (κ3) is 4.34. The van der Waals surface area contributed by atoms with Crippen LogP contribution in [0.5, 0.6) is 5.88 Å². The molecule has 0 aliphatic carbocycles. The highest BCUT2D eigenvalue weighted by Crippen LogP contribution is 2.31. The van der Waals surface area contributed by atoms with Crippen LogP contribution in [0, 0.1) is 0 Å². The Morgan fingerprint density at radius 3 is 2.62 bits per heavy atom. The number of pyridine rings is 3. The van der Waals surface area contributed by atoms with E-state index >= 15 is 0 Å². The zero-order valence-corrected chi connectivity index (χ0v) is 15.5. The number of ether oxygens (including phenoxy) is 1. The zero-order valence-electron chi connectivity index (χ0n) is 15.5. The second kappa shape index (κ2) is 8.41. The Hall–Kier alpha value is -3.90. The lowest BCUT2D eigenvalue weighted by molar-refractivity contribution is -0.133. The SMILES string of the molecule is NCC(=O)Oc1cc(-c2ccncc2)c2cc(C=Cc3ccccn3)ccc2n1. The van der Waals surface area contributed by atoms with Crippen molar-refractivity contribution in [2.75, 3.05) is 6.54 Å². The molecule has 0 spiro atoms. The molecule has 0 radical (unpaired) electrons. The fourth-order valence-corrected chi connectivity index (χ4v) is 2.96. The van der Waals surface area contributed by atoms with Crippen molar-refractivity contribution in [1.82, 2.24) is 15.0 Å². The molecule has 4 rings (SSSR count). The Balaban J connectivity index is 1.81. The Labute approximate surface area is 167 Å². The van der Waals surface area contributed by atoms with E-state index in [1.807, 2.05) is 60.7 Å². The van der Waals surface area contributed by atoms with Crippen LogP contribution in [0.3, 0.4) is 0 Å². The number of carbonyl (C=O) groups excluding carboxylic acids is 1. The number of fused-ring (bicyclic) bond motifs is 1. The standard InChI is InChI=1S/C23H18N4O2/c24-15-23(28)29-22-14-19(17-8-11-25-12-9-17)20-13-16(5-7-21(20)27-22)4-6-18-3-1-2-10-26-18/h1-14H,15,24H2. The first kappa shape index (κ1) is 18.5. The van der Waals surface area contributed by atoms with Gasteiger partial charge in [-0.05, 0) is 59.2 Å². The van der Waals surface area contributed by atoms with Gasteiger partial charge in [-0.25, -0.2) is 4.98 Å². The average molecular weight is 382 g/mol. The van der Waals surface area contributed by atoms with Crippen molar-refractivity contribution in [3.8, 4) is 17.0 Å². The molecule has 0 bridgehead atoms. The summed E-state index contributed by atoms with van der Waals surface area (Å²) >= 11 is 0. The van der Waals surface area contributed by atoms with Crippen molar-refractivity contribution >= 4 is 29.0 Å². The predicted octanol–water partition coefficient (Wildman–Crippen LogP) is 3.73. The van der Waals surface area contributed by atoms with Gasteiger partial charge in [0, 0.05) is 30.0 Å². The van der Waals surface area contributed by atoms with Gasteiger partial charge in [-0.15, -0.1) is 0 Å². The van der Waals surface area contributed by atoms with E-state index in [0.29, 0.717) is 5.52 Å². The minimum atomic E-state index is -0.535. The zero-order chi connectivity index (χ0) is 20.1. The highest BCUT2D eigenvalue weighted by molar-refractivity contribution is 5.97. The van der Waals surface area contributed by atoms with Gasteiger partial charge >= 0.3 is 5.97 Å². The molecule has 142 valence electrons. The smallest absolute Gasteiger partial charge is 0.326 e. The molecule has 0 fully saturated rings. The fraction of sp³-hybridized carbons (Fsp3) is 0.0435. The third-order valence-corrected chi connectivity index (χ3v) is 4.32. The van der Waals surface area contributed by atoms with Gasteiger partial charge in [-0.1, -0.05) is 18.2 Å². The lowest BCUT2D eigenvalue weighted by Gasteiger charge is -2.10. The third-order valence-electron chi connectivity index (χ3n) is 4.32. The molecule has 3 aromatic heterocycles. The summed E-state index contributed by atoms with van der Waals surface area (Å²) in [6, 6.07) is 17.2. The second-order valence-electron chi connectivity index (χ2n) is 6.29. The summed E-state index contributed by atoms with van der Waals surface area (Å²) in [4.78, 5) is 24.5. The van der Waals surface area contributed by atoms with E-state index in [1.54, 1.807) is 24.7 Å². The van der Waals surface area contributed by atoms with E-state index in [4.69, 9.17) is 10.5 Å². The summed E-state index contributed by atoms with van der Waals surface area (Å²) in [7, 11) is 0. The maximum absolute atomic E-state index is 11.6. The summed E-state index contributed by atoms with van der Waals surface area (Å²) in [5, 5.41) is 0.937. The highest BCUT2D eigenvalue weighted by Gasteiger charge is 2.11. The van der Waals surface area contributed by atoms with Gasteiger partial charge in [0.25, 0.3) is 0 Å². The molecule has 3 heterocycles. The number of hydrogen-bond donors (Lipinski definition) is 1. The Morgan fingerprint density at radius 1 is 1.00 bits per heavy atom. The van der Waals surface area contributed by atoms with Crippen LogP contribution >= 0.6 is 0 Å². The molecule has 4 aromatic rings. The summed E-state index contributed by atoms with van der Waals surface area (Å²) in [5.74, 6) is -0.316. The van der Waals surface area contributed by atoms with Crippen LogP contribution in [0.25, 0.3) is 34.2 Å².